The zero-order chi connectivity index (χ0) is 12.7. The van der Waals surface area contributed by atoms with Gasteiger partial charge >= 0.3 is 0 Å². The second-order valence-corrected chi connectivity index (χ2v) is 3.87. The second kappa shape index (κ2) is 6.64. The van der Waals surface area contributed by atoms with Gasteiger partial charge in [0.25, 0.3) is 0 Å². The molecule has 0 spiro atoms. The maximum absolute atomic E-state index is 11.9. The first-order chi connectivity index (χ1) is 8.22. The van der Waals surface area contributed by atoms with E-state index in [1.54, 1.807) is 24.5 Å². The summed E-state index contributed by atoms with van der Waals surface area (Å²) in [5.74, 6) is -0.0899. The summed E-state index contributed by atoms with van der Waals surface area (Å²) >= 11 is 0. The number of amides is 1. The highest BCUT2D eigenvalue weighted by Gasteiger charge is 2.19. The molecule has 1 aromatic heterocycles. The molecule has 0 aliphatic carbocycles. The van der Waals surface area contributed by atoms with E-state index in [4.69, 9.17) is 5.26 Å². The molecule has 0 radical (unpaired) electrons. The van der Waals surface area contributed by atoms with Crippen LogP contribution in [0.4, 0.5) is 0 Å². The molecule has 4 heteroatoms. The molecule has 0 aliphatic heterocycles. The largest absolute Gasteiger partial charge is 0.336 e. The van der Waals surface area contributed by atoms with Gasteiger partial charge in [-0.3, -0.25) is 9.78 Å². The lowest BCUT2D eigenvalue weighted by molar-refractivity contribution is -0.125. The molecule has 1 rings (SSSR count). The molecule has 0 bridgehead atoms. The lowest BCUT2D eigenvalue weighted by atomic mass is 10.0. The predicted molar refractivity (Wildman–Crippen MR) is 64.8 cm³/mol. The maximum atomic E-state index is 11.9. The first-order valence-electron chi connectivity index (χ1n) is 5.82. The Balaban J connectivity index is 2.72. The van der Waals surface area contributed by atoms with Crippen molar-refractivity contribution in [2.24, 2.45) is 5.92 Å². The molecule has 4 nitrogen and oxygen atoms in total. The van der Waals surface area contributed by atoms with Crippen LogP contribution in [-0.4, -0.2) is 10.9 Å². The Bertz CT molecular complexity index is 393. The first kappa shape index (κ1) is 13.2. The van der Waals surface area contributed by atoms with Crippen LogP contribution in [0, 0.1) is 17.2 Å². The Labute approximate surface area is 102 Å². The normalized spacial score (nSPS) is 11.9. The van der Waals surface area contributed by atoms with Crippen LogP contribution in [0.5, 0.6) is 0 Å². The minimum absolute atomic E-state index is 0.0254. The summed E-state index contributed by atoms with van der Waals surface area (Å²) in [6.45, 7) is 3.94. The number of nitrogens with zero attached hydrogens (tertiary/aromatic N) is 2. The Morgan fingerprint density at radius 1 is 1.53 bits per heavy atom. The van der Waals surface area contributed by atoms with Gasteiger partial charge in [-0.1, -0.05) is 19.9 Å². The summed E-state index contributed by atoms with van der Waals surface area (Å²) in [4.78, 5) is 15.8. The average molecular weight is 231 g/mol. The molecule has 90 valence electrons. The van der Waals surface area contributed by atoms with E-state index in [0.29, 0.717) is 5.56 Å². The third-order valence-electron chi connectivity index (χ3n) is 2.79. The van der Waals surface area contributed by atoms with E-state index in [2.05, 4.69) is 16.4 Å². The van der Waals surface area contributed by atoms with Crippen LogP contribution in [0.3, 0.4) is 0 Å². The number of nitrogens with one attached hydrogen (secondary N) is 1. The van der Waals surface area contributed by atoms with Gasteiger partial charge in [0.1, 0.15) is 6.04 Å². The topological polar surface area (TPSA) is 65.8 Å². The molecule has 1 heterocycles. The molecule has 0 aliphatic rings. The number of carbonyl (C=O) groups is 1. The van der Waals surface area contributed by atoms with Crippen LogP contribution in [0.25, 0.3) is 0 Å². The number of pyridine rings is 1. The molecule has 0 saturated heterocycles. The number of aromatic nitrogens is 1. The van der Waals surface area contributed by atoms with Gasteiger partial charge < -0.3 is 5.32 Å². The van der Waals surface area contributed by atoms with E-state index in [1.165, 1.54) is 0 Å². The highest BCUT2D eigenvalue weighted by atomic mass is 16.1. The Morgan fingerprint density at radius 2 is 2.24 bits per heavy atom. The summed E-state index contributed by atoms with van der Waals surface area (Å²) < 4.78 is 0. The van der Waals surface area contributed by atoms with Crippen molar-refractivity contribution < 1.29 is 4.79 Å². The van der Waals surface area contributed by atoms with Crippen molar-refractivity contribution in [3.05, 3.63) is 30.1 Å². The van der Waals surface area contributed by atoms with Crippen molar-refractivity contribution in [2.75, 3.05) is 0 Å². The zero-order valence-electron chi connectivity index (χ0n) is 10.2. The number of hydrogen-bond donors (Lipinski definition) is 1. The fraction of sp³-hybridized carbons (Fsp3) is 0.462. The van der Waals surface area contributed by atoms with Crippen molar-refractivity contribution in [1.82, 2.24) is 10.3 Å². The van der Waals surface area contributed by atoms with Crippen LogP contribution >= 0.6 is 0 Å². The Hall–Kier alpha value is -1.89. The Morgan fingerprint density at radius 3 is 2.71 bits per heavy atom. The summed E-state index contributed by atoms with van der Waals surface area (Å²) in [5, 5.41) is 11.8. The minimum atomic E-state index is -0.614. The van der Waals surface area contributed by atoms with Crippen molar-refractivity contribution >= 4 is 5.91 Å². The number of hydrogen-bond acceptors (Lipinski definition) is 3. The van der Waals surface area contributed by atoms with Crippen LogP contribution in [0.2, 0.25) is 0 Å². The van der Waals surface area contributed by atoms with Gasteiger partial charge in [-0.2, -0.15) is 5.26 Å². The summed E-state index contributed by atoms with van der Waals surface area (Å²) in [7, 11) is 0. The molecule has 0 aromatic carbocycles. The summed E-state index contributed by atoms with van der Waals surface area (Å²) in [6.07, 6.45) is 4.81. The van der Waals surface area contributed by atoms with Crippen LogP contribution in [-0.2, 0) is 4.79 Å². The molecule has 0 fully saturated rings. The van der Waals surface area contributed by atoms with Gasteiger partial charge in [0.05, 0.1) is 6.07 Å². The van der Waals surface area contributed by atoms with E-state index in [1.807, 2.05) is 13.8 Å². The fourth-order valence-electron chi connectivity index (χ4n) is 1.66. The smallest absolute Gasteiger partial charge is 0.224 e. The monoisotopic (exact) mass is 231 g/mol. The van der Waals surface area contributed by atoms with E-state index in [0.717, 1.165) is 12.8 Å². The average Bonchev–Trinajstić information content (AvgIpc) is 2.38. The van der Waals surface area contributed by atoms with E-state index >= 15 is 0 Å². The van der Waals surface area contributed by atoms with Crippen molar-refractivity contribution in [1.29, 1.82) is 5.26 Å². The van der Waals surface area contributed by atoms with Gasteiger partial charge in [0, 0.05) is 23.9 Å². The zero-order valence-corrected chi connectivity index (χ0v) is 10.2. The Kier molecular flexibility index (Phi) is 5.15. The molecular weight excluding hydrogens is 214 g/mol. The van der Waals surface area contributed by atoms with E-state index in [9.17, 15) is 4.79 Å². The number of carbonyl (C=O) groups excluding carboxylic acids is 1. The van der Waals surface area contributed by atoms with Crippen LogP contribution < -0.4 is 5.32 Å². The van der Waals surface area contributed by atoms with Gasteiger partial charge in [-0.05, 0) is 18.9 Å². The quantitative estimate of drug-likeness (QED) is 0.844. The minimum Gasteiger partial charge on any atom is -0.336 e. The third-order valence-corrected chi connectivity index (χ3v) is 2.79. The second-order valence-electron chi connectivity index (χ2n) is 3.87. The predicted octanol–water partition coefficient (Wildman–Crippen LogP) is 2.20. The van der Waals surface area contributed by atoms with Crippen molar-refractivity contribution in [2.45, 2.75) is 32.7 Å². The lowest BCUT2D eigenvalue weighted by Gasteiger charge is -2.16. The van der Waals surface area contributed by atoms with Crippen molar-refractivity contribution in [3.63, 3.8) is 0 Å². The summed E-state index contributed by atoms with van der Waals surface area (Å²) in [6, 6.07) is 5.00. The molecule has 1 amide bonds. The third kappa shape index (κ3) is 3.56. The molecule has 17 heavy (non-hydrogen) atoms. The van der Waals surface area contributed by atoms with Crippen LogP contribution in [0.1, 0.15) is 38.3 Å². The fourth-order valence-corrected chi connectivity index (χ4v) is 1.66. The number of nitriles is 1. The highest BCUT2D eigenvalue weighted by molar-refractivity contribution is 5.79. The maximum Gasteiger partial charge on any atom is 0.224 e. The van der Waals surface area contributed by atoms with E-state index in [-0.39, 0.29) is 11.8 Å². The standard InChI is InChI=1S/C13H17N3O/c1-3-10(4-2)13(17)16-12(8-14)11-6-5-7-15-9-11/h5-7,9-10,12H,3-4H2,1-2H3,(H,16,17). The molecule has 1 N–H and O–H groups in total. The van der Waals surface area contributed by atoms with E-state index < -0.39 is 6.04 Å². The van der Waals surface area contributed by atoms with Gasteiger partial charge in [0.2, 0.25) is 5.91 Å². The molecule has 1 unspecified atom stereocenters. The highest BCUT2D eigenvalue weighted by Crippen LogP contribution is 2.13. The van der Waals surface area contributed by atoms with Crippen molar-refractivity contribution in [3.8, 4) is 6.07 Å². The molecular formula is C13H17N3O. The SMILES string of the molecule is CCC(CC)C(=O)NC(C#N)c1cccnc1. The molecule has 0 saturated carbocycles. The van der Waals surface area contributed by atoms with Gasteiger partial charge in [-0.25, -0.2) is 0 Å². The van der Waals surface area contributed by atoms with Gasteiger partial charge in [-0.15, -0.1) is 0 Å². The molecule has 1 atom stereocenters. The van der Waals surface area contributed by atoms with Gasteiger partial charge in [0.15, 0.2) is 0 Å². The van der Waals surface area contributed by atoms with Crippen LogP contribution in [0.15, 0.2) is 24.5 Å². The molecule has 1 aromatic rings. The summed E-state index contributed by atoms with van der Waals surface area (Å²) in [5.41, 5.74) is 0.717. The first-order valence-corrected chi connectivity index (χ1v) is 5.82. The lowest BCUT2D eigenvalue weighted by Crippen LogP contribution is -2.33. The number of rotatable bonds is 5.